The highest BCUT2D eigenvalue weighted by atomic mass is 16.5. The molecule has 110 valence electrons. The van der Waals surface area contributed by atoms with Crippen LogP contribution >= 0.6 is 0 Å². The molecule has 22 heavy (non-hydrogen) atoms. The van der Waals surface area contributed by atoms with E-state index in [2.05, 4.69) is 4.98 Å². The number of nitrogens with zero attached hydrogens (tertiary/aromatic N) is 1. The number of aldehydes is 1. The van der Waals surface area contributed by atoms with Crippen molar-refractivity contribution in [2.75, 3.05) is 14.2 Å². The second-order valence-corrected chi connectivity index (χ2v) is 4.81. The second-order valence-electron chi connectivity index (χ2n) is 4.81. The van der Waals surface area contributed by atoms with Gasteiger partial charge in [0.05, 0.1) is 25.4 Å². The molecule has 0 aliphatic rings. The van der Waals surface area contributed by atoms with E-state index in [0.717, 1.165) is 28.4 Å². The Morgan fingerprint density at radius 1 is 1.00 bits per heavy atom. The molecule has 0 saturated heterocycles. The van der Waals surface area contributed by atoms with Gasteiger partial charge in [0.2, 0.25) is 0 Å². The number of aromatic nitrogens is 1. The van der Waals surface area contributed by atoms with Crippen LogP contribution in [0.5, 0.6) is 11.5 Å². The lowest BCUT2D eigenvalue weighted by atomic mass is 10.0. The molecule has 4 heteroatoms. The lowest BCUT2D eigenvalue weighted by Gasteiger charge is -2.13. The molecule has 4 nitrogen and oxygen atoms in total. The average Bonchev–Trinajstić information content (AvgIpc) is 2.59. The minimum atomic E-state index is 0.511. The SMILES string of the molecule is COc1cc(C=O)cc(-c2ccc3ccccc3n2)c1OC. The Kier molecular flexibility index (Phi) is 3.74. The summed E-state index contributed by atoms with van der Waals surface area (Å²) in [7, 11) is 3.12. The van der Waals surface area contributed by atoms with E-state index in [4.69, 9.17) is 9.47 Å². The minimum absolute atomic E-state index is 0.511. The maximum absolute atomic E-state index is 11.2. The van der Waals surface area contributed by atoms with Crippen molar-refractivity contribution in [1.82, 2.24) is 4.98 Å². The molecule has 0 N–H and O–H groups in total. The van der Waals surface area contributed by atoms with Crippen molar-refractivity contribution in [3.05, 3.63) is 54.1 Å². The maximum atomic E-state index is 11.2. The molecule has 0 bridgehead atoms. The Balaban J connectivity index is 2.25. The number of hydrogen-bond donors (Lipinski definition) is 0. The largest absolute Gasteiger partial charge is 0.493 e. The summed E-state index contributed by atoms with van der Waals surface area (Å²) in [6.45, 7) is 0. The zero-order chi connectivity index (χ0) is 15.5. The number of carbonyl (C=O) groups is 1. The summed E-state index contributed by atoms with van der Waals surface area (Å²) in [4.78, 5) is 15.8. The maximum Gasteiger partial charge on any atom is 0.170 e. The van der Waals surface area contributed by atoms with E-state index in [1.165, 1.54) is 0 Å². The molecular formula is C18H15NO3. The highest BCUT2D eigenvalue weighted by Crippen LogP contribution is 2.38. The van der Waals surface area contributed by atoms with Gasteiger partial charge >= 0.3 is 0 Å². The molecule has 0 unspecified atom stereocenters. The quantitative estimate of drug-likeness (QED) is 0.688. The molecule has 2 aromatic carbocycles. The molecule has 0 fully saturated rings. The molecule has 1 aromatic heterocycles. The fourth-order valence-corrected chi connectivity index (χ4v) is 2.46. The summed E-state index contributed by atoms with van der Waals surface area (Å²) in [5.41, 5.74) is 2.87. The van der Waals surface area contributed by atoms with E-state index in [-0.39, 0.29) is 0 Å². The summed E-state index contributed by atoms with van der Waals surface area (Å²) >= 11 is 0. The molecule has 0 atom stereocenters. The van der Waals surface area contributed by atoms with Gasteiger partial charge in [-0.25, -0.2) is 4.98 Å². The summed E-state index contributed by atoms with van der Waals surface area (Å²) in [5, 5.41) is 1.06. The van der Waals surface area contributed by atoms with E-state index in [9.17, 15) is 4.79 Å². The Hall–Kier alpha value is -2.88. The topological polar surface area (TPSA) is 48.4 Å². The number of fused-ring (bicyclic) bond motifs is 1. The molecule has 0 aliphatic heterocycles. The molecule has 0 spiro atoms. The van der Waals surface area contributed by atoms with E-state index in [0.29, 0.717) is 17.1 Å². The fraction of sp³-hybridized carbons (Fsp3) is 0.111. The van der Waals surface area contributed by atoms with Crippen molar-refractivity contribution in [2.45, 2.75) is 0 Å². The number of methoxy groups -OCH3 is 2. The number of carbonyl (C=O) groups excluding carboxylic acids is 1. The van der Waals surface area contributed by atoms with Crippen molar-refractivity contribution in [3.8, 4) is 22.8 Å². The van der Waals surface area contributed by atoms with Crippen LogP contribution in [0.1, 0.15) is 10.4 Å². The van der Waals surface area contributed by atoms with Gasteiger partial charge in [-0.15, -0.1) is 0 Å². The third kappa shape index (κ3) is 2.39. The van der Waals surface area contributed by atoms with Crippen LogP contribution in [0.25, 0.3) is 22.2 Å². The number of hydrogen-bond acceptors (Lipinski definition) is 4. The fourth-order valence-electron chi connectivity index (χ4n) is 2.46. The average molecular weight is 293 g/mol. The molecule has 0 amide bonds. The molecule has 0 saturated carbocycles. The van der Waals surface area contributed by atoms with Crippen molar-refractivity contribution in [3.63, 3.8) is 0 Å². The van der Waals surface area contributed by atoms with Crippen LogP contribution in [0.3, 0.4) is 0 Å². The zero-order valence-corrected chi connectivity index (χ0v) is 12.4. The number of benzene rings is 2. The van der Waals surface area contributed by atoms with Gasteiger partial charge in [-0.1, -0.05) is 24.3 Å². The first-order valence-corrected chi connectivity index (χ1v) is 6.84. The van der Waals surface area contributed by atoms with Crippen LogP contribution in [0.2, 0.25) is 0 Å². The van der Waals surface area contributed by atoms with Gasteiger partial charge in [0.1, 0.15) is 6.29 Å². The van der Waals surface area contributed by atoms with Gasteiger partial charge in [0.15, 0.2) is 11.5 Å². The molecule has 3 rings (SSSR count). The highest BCUT2D eigenvalue weighted by molar-refractivity contribution is 5.86. The molecule has 1 heterocycles. The Morgan fingerprint density at radius 3 is 2.55 bits per heavy atom. The number of ether oxygens (including phenoxy) is 2. The van der Waals surface area contributed by atoms with Crippen molar-refractivity contribution < 1.29 is 14.3 Å². The number of para-hydroxylation sites is 1. The van der Waals surface area contributed by atoms with Crippen LogP contribution < -0.4 is 9.47 Å². The standard InChI is InChI=1S/C18H15NO3/c1-21-17-10-12(11-20)9-14(18(17)22-2)16-8-7-13-5-3-4-6-15(13)19-16/h3-11H,1-2H3. The number of rotatable bonds is 4. The Labute approximate surface area is 128 Å². The lowest BCUT2D eigenvalue weighted by Crippen LogP contribution is -1.97. The first-order chi connectivity index (χ1) is 10.8. The second kappa shape index (κ2) is 5.85. The summed E-state index contributed by atoms with van der Waals surface area (Å²) < 4.78 is 10.8. The Morgan fingerprint density at radius 2 is 1.82 bits per heavy atom. The van der Waals surface area contributed by atoms with Crippen molar-refractivity contribution >= 4 is 17.2 Å². The molecule has 0 aliphatic carbocycles. The monoisotopic (exact) mass is 293 g/mol. The molecule has 0 radical (unpaired) electrons. The Bertz CT molecular complexity index is 843. The minimum Gasteiger partial charge on any atom is -0.493 e. The van der Waals surface area contributed by atoms with Crippen LogP contribution in [-0.4, -0.2) is 25.5 Å². The van der Waals surface area contributed by atoms with Gasteiger partial charge in [-0.3, -0.25) is 4.79 Å². The van der Waals surface area contributed by atoms with E-state index in [1.54, 1.807) is 26.4 Å². The van der Waals surface area contributed by atoms with Crippen molar-refractivity contribution in [2.24, 2.45) is 0 Å². The number of pyridine rings is 1. The van der Waals surface area contributed by atoms with Crippen LogP contribution in [0, 0.1) is 0 Å². The zero-order valence-electron chi connectivity index (χ0n) is 12.4. The lowest BCUT2D eigenvalue weighted by molar-refractivity contribution is 0.112. The van der Waals surface area contributed by atoms with Gasteiger partial charge in [0.25, 0.3) is 0 Å². The van der Waals surface area contributed by atoms with Crippen LogP contribution in [-0.2, 0) is 0 Å². The predicted octanol–water partition coefficient (Wildman–Crippen LogP) is 3.73. The van der Waals surface area contributed by atoms with Gasteiger partial charge in [-0.2, -0.15) is 0 Å². The van der Waals surface area contributed by atoms with Crippen LogP contribution in [0.4, 0.5) is 0 Å². The molecular weight excluding hydrogens is 278 g/mol. The summed E-state index contributed by atoms with van der Waals surface area (Å²) in [6, 6.07) is 15.2. The smallest absolute Gasteiger partial charge is 0.170 e. The normalized spacial score (nSPS) is 10.5. The highest BCUT2D eigenvalue weighted by Gasteiger charge is 2.15. The first-order valence-electron chi connectivity index (χ1n) is 6.84. The third-order valence-corrected chi connectivity index (χ3v) is 3.51. The summed E-state index contributed by atoms with van der Waals surface area (Å²) in [5.74, 6) is 1.08. The predicted molar refractivity (Wildman–Crippen MR) is 85.7 cm³/mol. The van der Waals surface area contributed by atoms with Gasteiger partial charge in [-0.05, 0) is 24.3 Å². The van der Waals surface area contributed by atoms with Gasteiger partial charge in [0, 0.05) is 16.5 Å². The van der Waals surface area contributed by atoms with Crippen LogP contribution in [0.15, 0.2) is 48.5 Å². The first kappa shape index (κ1) is 14.1. The van der Waals surface area contributed by atoms with E-state index < -0.39 is 0 Å². The van der Waals surface area contributed by atoms with E-state index >= 15 is 0 Å². The molecule has 3 aromatic rings. The van der Waals surface area contributed by atoms with Crippen molar-refractivity contribution in [1.29, 1.82) is 0 Å². The summed E-state index contributed by atoms with van der Waals surface area (Å²) in [6.07, 6.45) is 0.784. The third-order valence-electron chi connectivity index (χ3n) is 3.51. The van der Waals surface area contributed by atoms with E-state index in [1.807, 2.05) is 36.4 Å². The van der Waals surface area contributed by atoms with Gasteiger partial charge < -0.3 is 9.47 Å².